The van der Waals surface area contributed by atoms with E-state index in [0.29, 0.717) is 0 Å². The zero-order valence-electron chi connectivity index (χ0n) is 40.7. The van der Waals surface area contributed by atoms with E-state index in [1.54, 1.807) is 48.5 Å². The number of ether oxygens (including phenoxy) is 8. The van der Waals surface area contributed by atoms with E-state index in [4.69, 9.17) is 42.0 Å². The van der Waals surface area contributed by atoms with Crippen LogP contribution in [0.15, 0.2) is 0 Å². The van der Waals surface area contributed by atoms with Crippen LogP contribution in [-0.4, -0.2) is 161 Å². The first kappa shape index (κ1) is 47.2. The van der Waals surface area contributed by atoms with Gasteiger partial charge in [-0.15, -0.1) is 0 Å². The fourth-order valence-electron chi connectivity index (χ4n) is 9.04. The van der Waals surface area contributed by atoms with Crippen LogP contribution in [0.4, 0.5) is 0 Å². The van der Waals surface area contributed by atoms with E-state index in [0.717, 1.165) is 4.90 Å². The molecule has 60 heavy (non-hydrogen) atoms. The number of hydrogen-bond donors (Lipinski definition) is 4. The molecule has 0 aromatic rings. The van der Waals surface area contributed by atoms with Crippen molar-refractivity contribution in [1.82, 2.24) is 4.90 Å². The lowest BCUT2D eigenvalue weighted by molar-refractivity contribution is -0.319. The molecular weight excluding hydrogens is 787 g/mol. The summed E-state index contributed by atoms with van der Waals surface area (Å²) in [5.41, 5.74) is -5.28. The Bertz CT molecular complexity index is 1550. The molecule has 17 heteroatoms. The SMILES string of the molecule is [2H][13C]([2H])([2H])N(C)[C@H]1C[C@@H](C)O[C@@H](OC2[C@@H](C)[C@H](O[C@H]3C[C@@](C)(OC)[C@@H](O)[C@H](C)O3)[C@@H](C)C(=O)O[C@H](CC)[C@@](C)(O)[C@H](O)[C@@H](C)C(=O)[C@H](C)C[C@@]2(C)O)[C@@H]1OC(=O)CCC(=O)OCC. The summed E-state index contributed by atoms with van der Waals surface area (Å²) >= 11 is 0. The maximum Gasteiger partial charge on any atom is 0.311 e. The van der Waals surface area contributed by atoms with Crippen LogP contribution in [0.5, 0.6) is 0 Å². The maximum absolute atomic E-state index is 14.3. The quantitative estimate of drug-likeness (QED) is 0.126. The molecule has 3 aliphatic heterocycles. The van der Waals surface area contributed by atoms with E-state index in [2.05, 4.69) is 0 Å². The van der Waals surface area contributed by atoms with Gasteiger partial charge in [0.2, 0.25) is 0 Å². The Morgan fingerprint density at radius 1 is 0.900 bits per heavy atom. The van der Waals surface area contributed by atoms with Crippen LogP contribution in [0.2, 0.25) is 0 Å². The first-order chi connectivity index (χ1) is 29.0. The largest absolute Gasteiger partial charge is 0.466 e. The molecule has 0 bridgehead atoms. The number of rotatable bonds is 12. The molecule has 17 nitrogen and oxygen atoms in total. The van der Waals surface area contributed by atoms with Crippen LogP contribution in [0, 0.1) is 23.7 Å². The number of cyclic esters (lactones) is 1. The van der Waals surface area contributed by atoms with Gasteiger partial charge in [-0.3, -0.25) is 19.2 Å². The summed E-state index contributed by atoms with van der Waals surface area (Å²) in [6.45, 7) is 14.5. The number of methoxy groups -OCH3 is 1. The van der Waals surface area contributed by atoms with E-state index in [1.807, 2.05) is 0 Å². The molecule has 0 spiro atoms. The smallest absolute Gasteiger partial charge is 0.311 e. The fourth-order valence-corrected chi connectivity index (χ4v) is 9.04. The van der Waals surface area contributed by atoms with Gasteiger partial charge in [0.05, 0.1) is 73.1 Å². The zero-order chi connectivity index (χ0) is 48.2. The zero-order valence-corrected chi connectivity index (χ0v) is 37.7. The molecule has 3 heterocycles. The summed E-state index contributed by atoms with van der Waals surface area (Å²) < 4.78 is 73.1. The van der Waals surface area contributed by atoms with Gasteiger partial charge in [0.1, 0.15) is 23.6 Å². The van der Waals surface area contributed by atoms with E-state index in [-0.39, 0.29) is 38.7 Å². The summed E-state index contributed by atoms with van der Waals surface area (Å²) in [6.07, 6.45) is -13.4. The number of Topliss-reactive ketones (excluding diaryl/α,β-unsaturated/α-hetero) is 1. The van der Waals surface area contributed by atoms with Crippen LogP contribution in [0.1, 0.15) is 119 Å². The third kappa shape index (κ3) is 12.2. The molecule has 0 aromatic heterocycles. The molecule has 0 saturated carbocycles. The molecule has 3 fully saturated rings. The van der Waals surface area contributed by atoms with Gasteiger partial charge in [-0.2, -0.15) is 0 Å². The highest BCUT2D eigenvalue weighted by Crippen LogP contribution is 2.41. The Kier molecular flexibility index (Phi) is 16.8. The van der Waals surface area contributed by atoms with Gasteiger partial charge in [0.15, 0.2) is 18.7 Å². The summed E-state index contributed by atoms with van der Waals surface area (Å²) in [6, 6.07) is -1.05. The van der Waals surface area contributed by atoms with Crippen LogP contribution in [-0.2, 0) is 57.1 Å². The van der Waals surface area contributed by atoms with E-state index in [1.165, 1.54) is 41.9 Å². The molecule has 1 unspecified atom stereocenters. The lowest BCUT2D eigenvalue weighted by Crippen LogP contribution is -2.61. The Labute approximate surface area is 360 Å². The molecule has 3 saturated heterocycles. The third-order valence-electron chi connectivity index (χ3n) is 12.7. The van der Waals surface area contributed by atoms with Crippen molar-refractivity contribution >= 4 is 23.7 Å². The fraction of sp³-hybridized carbons (Fsp3) is 0.907. The summed E-state index contributed by atoms with van der Waals surface area (Å²) in [5, 5.41) is 46.9. The molecule has 18 atom stereocenters. The minimum atomic E-state index is -2.68. The van der Waals surface area contributed by atoms with Crippen molar-refractivity contribution in [3.8, 4) is 0 Å². The topological polar surface area (TPSA) is 226 Å². The van der Waals surface area contributed by atoms with Crippen molar-refractivity contribution < 1.29 is 81.6 Å². The lowest BCUT2D eigenvalue weighted by Gasteiger charge is -2.49. The van der Waals surface area contributed by atoms with Crippen molar-refractivity contribution in [1.29, 1.82) is 0 Å². The third-order valence-corrected chi connectivity index (χ3v) is 12.7. The number of carbonyl (C=O) groups excluding carboxylic acids is 4. The molecule has 3 rings (SSSR count). The lowest BCUT2D eigenvalue weighted by atomic mass is 9.74. The first-order valence-corrected chi connectivity index (χ1v) is 21.3. The molecule has 0 amide bonds. The predicted octanol–water partition coefficient (Wildman–Crippen LogP) is 2.68. The number of ketones is 1. The second-order valence-corrected chi connectivity index (χ2v) is 17.9. The summed E-state index contributed by atoms with van der Waals surface area (Å²) in [4.78, 5) is 55.1. The van der Waals surface area contributed by atoms with Crippen LogP contribution in [0.3, 0.4) is 0 Å². The highest BCUT2D eigenvalue weighted by molar-refractivity contribution is 5.83. The highest BCUT2D eigenvalue weighted by atomic mass is 16.7. The Morgan fingerprint density at radius 2 is 1.53 bits per heavy atom. The Hall–Kier alpha value is -2.32. The molecule has 348 valence electrons. The molecule has 0 radical (unpaired) electrons. The second-order valence-electron chi connectivity index (χ2n) is 17.9. The number of likely N-dealkylation sites (N-methyl/N-ethyl adjacent to an activating group) is 1. The van der Waals surface area contributed by atoms with Gasteiger partial charge in [-0.25, -0.2) is 0 Å². The first-order valence-electron chi connectivity index (χ1n) is 22.8. The number of hydrogen-bond acceptors (Lipinski definition) is 17. The van der Waals surface area contributed by atoms with Crippen molar-refractivity contribution in [2.45, 2.75) is 199 Å². The van der Waals surface area contributed by atoms with E-state index in [9.17, 15) is 39.6 Å². The molecule has 0 aromatic carbocycles. The van der Waals surface area contributed by atoms with Gasteiger partial charge < -0.3 is 63.2 Å². The monoisotopic (exact) mass is 866 g/mol. The molecule has 3 aliphatic rings. The van der Waals surface area contributed by atoms with Crippen LogP contribution >= 0.6 is 0 Å². The normalized spacial score (nSPS) is 44.8. The number of aliphatic hydroxyl groups excluding tert-OH is 2. The number of carbonyl (C=O) groups is 4. The molecule has 4 N–H and O–H groups in total. The molecule has 0 aliphatic carbocycles. The summed E-state index contributed by atoms with van der Waals surface area (Å²) in [7, 11) is 2.77. The van der Waals surface area contributed by atoms with Crippen molar-refractivity contribution in [3.05, 3.63) is 0 Å². The Morgan fingerprint density at radius 3 is 2.12 bits per heavy atom. The average molecular weight is 866 g/mol. The van der Waals surface area contributed by atoms with Gasteiger partial charge in [-0.1, -0.05) is 27.7 Å². The van der Waals surface area contributed by atoms with Crippen molar-refractivity contribution in [3.63, 3.8) is 0 Å². The standard InChI is InChI=1S/C43H75NO16/c1-15-29-43(11,52)36(48)24(5)33(47)22(3)20-41(9,51)38(25(6)34(26(7)39(50)57-29)59-32-21-42(10,53-14)37(49)27(8)56-32)60-40-35(28(44(12)13)19-23(4)55-40)58-31(46)18-17-30(45)54-16-2/h22-29,32,34-38,40,48-49,51-52H,15-21H2,1-14H3/t22-,23-,24+,25+,26-,27+,28+,29-,32+,34+,35-,36-,37+,38?,40+,41-,42-,43-/m1/s1/i12+1D3. The summed E-state index contributed by atoms with van der Waals surface area (Å²) in [5.74, 6) is -7.40. The Balaban J connectivity index is 2.27. The van der Waals surface area contributed by atoms with Crippen molar-refractivity contribution in [2.24, 2.45) is 23.7 Å². The number of esters is 3. The van der Waals surface area contributed by atoms with Crippen LogP contribution in [0.25, 0.3) is 0 Å². The minimum absolute atomic E-state index is 0.0139. The van der Waals surface area contributed by atoms with Gasteiger partial charge in [0.25, 0.3) is 0 Å². The predicted molar refractivity (Wildman–Crippen MR) is 216 cm³/mol. The highest BCUT2D eigenvalue weighted by Gasteiger charge is 2.54. The van der Waals surface area contributed by atoms with Gasteiger partial charge in [-0.05, 0) is 81.8 Å². The van der Waals surface area contributed by atoms with E-state index < -0.39 is 145 Å². The van der Waals surface area contributed by atoms with Crippen molar-refractivity contribution in [2.75, 3.05) is 27.7 Å². The molecular formula is C43H75NO16. The number of aliphatic hydroxyl groups is 4. The second kappa shape index (κ2) is 21.4. The average Bonchev–Trinajstić information content (AvgIpc) is 3.20. The van der Waals surface area contributed by atoms with E-state index >= 15 is 0 Å². The van der Waals surface area contributed by atoms with Crippen LogP contribution < -0.4 is 0 Å². The van der Waals surface area contributed by atoms with Gasteiger partial charge in [0, 0.05) is 35.4 Å². The maximum atomic E-state index is 14.3. The minimum Gasteiger partial charge on any atom is -0.466 e. The number of nitrogens with zero attached hydrogens (tertiary/aromatic N) is 1. The van der Waals surface area contributed by atoms with Gasteiger partial charge >= 0.3 is 17.9 Å².